The maximum atomic E-state index is 12.2. The molecule has 0 atom stereocenters. The van der Waals surface area contributed by atoms with E-state index in [2.05, 4.69) is 25.8 Å². The van der Waals surface area contributed by atoms with Gasteiger partial charge in [-0.1, -0.05) is 17.7 Å². The van der Waals surface area contributed by atoms with Crippen LogP contribution in [0.3, 0.4) is 0 Å². The summed E-state index contributed by atoms with van der Waals surface area (Å²) in [6, 6.07) is 5.49. The average Bonchev–Trinajstić information content (AvgIpc) is 2.69. The molecule has 164 valence electrons. The van der Waals surface area contributed by atoms with E-state index in [9.17, 15) is 4.79 Å². The van der Waals surface area contributed by atoms with Crippen molar-refractivity contribution in [3.63, 3.8) is 0 Å². The van der Waals surface area contributed by atoms with Crippen molar-refractivity contribution in [2.24, 2.45) is 4.99 Å². The molecule has 0 aliphatic carbocycles. The first-order valence-corrected chi connectivity index (χ1v) is 10.3. The number of amides is 1. The van der Waals surface area contributed by atoms with Gasteiger partial charge >= 0.3 is 0 Å². The lowest BCUT2D eigenvalue weighted by Crippen LogP contribution is -2.39. The molecule has 3 N–H and O–H groups in total. The van der Waals surface area contributed by atoms with Gasteiger partial charge < -0.3 is 20.7 Å². The number of aliphatic imine (C=N–C) groups is 1. The Labute approximate surface area is 196 Å². The van der Waals surface area contributed by atoms with Crippen molar-refractivity contribution in [3.8, 4) is 0 Å². The zero-order valence-corrected chi connectivity index (χ0v) is 20.4. The fourth-order valence-electron chi connectivity index (χ4n) is 2.90. The normalized spacial score (nSPS) is 14.8. The lowest BCUT2D eigenvalue weighted by atomic mass is 10.2. The first-order chi connectivity index (χ1) is 13.6. The number of hydrogen-bond acceptors (Lipinski definition) is 4. The number of carbonyl (C=O) groups is 1. The van der Waals surface area contributed by atoms with Crippen LogP contribution in [-0.4, -0.2) is 69.2 Å². The van der Waals surface area contributed by atoms with Gasteiger partial charge in [0.15, 0.2) is 5.96 Å². The van der Waals surface area contributed by atoms with Gasteiger partial charge in [-0.05, 0) is 38.0 Å². The maximum Gasteiger partial charge on any atom is 0.226 e. The van der Waals surface area contributed by atoms with Crippen LogP contribution >= 0.6 is 35.6 Å². The summed E-state index contributed by atoms with van der Waals surface area (Å²) < 4.78 is 5.36. The number of anilines is 1. The van der Waals surface area contributed by atoms with E-state index in [1.807, 2.05) is 32.0 Å². The minimum absolute atomic E-state index is 0. The fraction of sp³-hybridized carbons (Fsp3) is 0.600. The maximum absolute atomic E-state index is 12.2. The third kappa shape index (κ3) is 9.97. The molecule has 7 nitrogen and oxygen atoms in total. The van der Waals surface area contributed by atoms with Crippen LogP contribution in [0, 0.1) is 6.92 Å². The van der Waals surface area contributed by atoms with Crippen molar-refractivity contribution in [1.29, 1.82) is 0 Å². The molecular weight excluding hydrogens is 505 g/mol. The number of nitrogens with zero attached hydrogens (tertiary/aromatic N) is 2. The Balaban J connectivity index is 0.00000420. The Bertz CT molecular complexity index is 654. The first kappa shape index (κ1) is 25.9. The smallest absolute Gasteiger partial charge is 0.226 e. The molecule has 0 radical (unpaired) electrons. The van der Waals surface area contributed by atoms with Crippen LogP contribution in [0.2, 0.25) is 5.02 Å². The number of morpholine rings is 1. The van der Waals surface area contributed by atoms with E-state index >= 15 is 0 Å². The minimum atomic E-state index is -0.0546. The highest BCUT2D eigenvalue weighted by Crippen LogP contribution is 2.22. The molecular formula is C20H33ClIN5O2. The molecule has 1 fully saturated rings. The summed E-state index contributed by atoms with van der Waals surface area (Å²) in [6.45, 7) is 10.7. The van der Waals surface area contributed by atoms with E-state index in [1.165, 1.54) is 0 Å². The number of benzene rings is 1. The number of guanidine groups is 1. The quantitative estimate of drug-likeness (QED) is 0.195. The highest BCUT2D eigenvalue weighted by Gasteiger charge is 2.09. The summed E-state index contributed by atoms with van der Waals surface area (Å²) in [4.78, 5) is 19.2. The average molecular weight is 538 g/mol. The second kappa shape index (κ2) is 14.8. The van der Waals surface area contributed by atoms with Gasteiger partial charge in [-0.15, -0.1) is 24.0 Å². The van der Waals surface area contributed by atoms with Crippen LogP contribution in [0.25, 0.3) is 0 Å². The number of halogens is 2. The van der Waals surface area contributed by atoms with Crippen LogP contribution in [0.1, 0.15) is 25.3 Å². The molecule has 0 saturated carbocycles. The highest BCUT2D eigenvalue weighted by molar-refractivity contribution is 14.0. The van der Waals surface area contributed by atoms with Crippen molar-refractivity contribution in [2.75, 3.05) is 57.8 Å². The molecule has 1 heterocycles. The SMILES string of the molecule is CCNC(=NCCCN1CCOCC1)NCCC(=O)Nc1cccc(Cl)c1C.I. The Kier molecular flexibility index (Phi) is 13.2. The van der Waals surface area contributed by atoms with E-state index < -0.39 is 0 Å². The summed E-state index contributed by atoms with van der Waals surface area (Å²) in [5, 5.41) is 9.99. The van der Waals surface area contributed by atoms with Crippen molar-refractivity contribution >= 4 is 53.1 Å². The molecule has 29 heavy (non-hydrogen) atoms. The molecule has 1 aromatic rings. The van der Waals surface area contributed by atoms with Crippen molar-refractivity contribution in [3.05, 3.63) is 28.8 Å². The lowest BCUT2D eigenvalue weighted by Gasteiger charge is -2.26. The van der Waals surface area contributed by atoms with Crippen molar-refractivity contribution in [1.82, 2.24) is 15.5 Å². The van der Waals surface area contributed by atoms with E-state index in [0.717, 1.165) is 69.6 Å². The van der Waals surface area contributed by atoms with Crippen LogP contribution in [0.5, 0.6) is 0 Å². The van der Waals surface area contributed by atoms with Gasteiger partial charge in [0, 0.05) is 56.4 Å². The first-order valence-electron chi connectivity index (χ1n) is 9.97. The van der Waals surface area contributed by atoms with Gasteiger partial charge in [-0.25, -0.2) is 0 Å². The molecule has 0 aromatic heterocycles. The summed E-state index contributed by atoms with van der Waals surface area (Å²) >= 11 is 6.09. The minimum Gasteiger partial charge on any atom is -0.379 e. The van der Waals surface area contributed by atoms with Crippen LogP contribution in [0.4, 0.5) is 5.69 Å². The van der Waals surface area contributed by atoms with Crippen LogP contribution < -0.4 is 16.0 Å². The van der Waals surface area contributed by atoms with E-state index in [1.54, 1.807) is 0 Å². The number of nitrogens with one attached hydrogen (secondary N) is 3. The number of hydrogen-bond donors (Lipinski definition) is 3. The Morgan fingerprint density at radius 3 is 2.76 bits per heavy atom. The molecule has 1 aliphatic rings. The second-order valence-corrected chi connectivity index (χ2v) is 7.11. The van der Waals surface area contributed by atoms with Gasteiger partial charge in [0.2, 0.25) is 5.91 Å². The van der Waals surface area contributed by atoms with Gasteiger partial charge in [-0.2, -0.15) is 0 Å². The van der Waals surface area contributed by atoms with Gasteiger partial charge in [-0.3, -0.25) is 14.7 Å². The molecule has 1 saturated heterocycles. The van der Waals surface area contributed by atoms with Gasteiger partial charge in [0.1, 0.15) is 0 Å². The highest BCUT2D eigenvalue weighted by atomic mass is 127. The summed E-state index contributed by atoms with van der Waals surface area (Å²) in [7, 11) is 0. The fourth-order valence-corrected chi connectivity index (χ4v) is 3.08. The van der Waals surface area contributed by atoms with Gasteiger partial charge in [0.25, 0.3) is 0 Å². The largest absolute Gasteiger partial charge is 0.379 e. The number of rotatable bonds is 9. The molecule has 0 spiro atoms. The lowest BCUT2D eigenvalue weighted by molar-refractivity contribution is -0.116. The molecule has 2 rings (SSSR count). The second-order valence-electron chi connectivity index (χ2n) is 6.71. The standard InChI is InChI=1S/C20H32ClN5O2.HI/c1-3-22-20(23-9-5-11-26-12-14-28-15-13-26)24-10-8-19(27)25-18-7-4-6-17(21)16(18)2;/h4,6-7H,3,5,8-15H2,1-2H3,(H,25,27)(H2,22,23,24);1H. The zero-order chi connectivity index (χ0) is 20.2. The molecule has 9 heteroatoms. The third-order valence-corrected chi connectivity index (χ3v) is 4.95. The molecule has 1 amide bonds. The monoisotopic (exact) mass is 537 g/mol. The molecule has 0 bridgehead atoms. The Morgan fingerprint density at radius 2 is 2.03 bits per heavy atom. The molecule has 1 aliphatic heterocycles. The Hall–Kier alpha value is -1.10. The van der Waals surface area contributed by atoms with Crippen molar-refractivity contribution < 1.29 is 9.53 Å². The number of carbonyl (C=O) groups excluding carboxylic acids is 1. The van der Waals surface area contributed by atoms with Crippen molar-refractivity contribution in [2.45, 2.75) is 26.7 Å². The third-order valence-electron chi connectivity index (χ3n) is 4.54. The summed E-state index contributed by atoms with van der Waals surface area (Å²) in [6.07, 6.45) is 1.36. The zero-order valence-electron chi connectivity index (χ0n) is 17.3. The van der Waals surface area contributed by atoms with E-state index in [-0.39, 0.29) is 29.9 Å². The summed E-state index contributed by atoms with van der Waals surface area (Å²) in [5.74, 6) is 0.692. The predicted octanol–water partition coefficient (Wildman–Crippen LogP) is 2.87. The predicted molar refractivity (Wildman–Crippen MR) is 131 cm³/mol. The van der Waals surface area contributed by atoms with E-state index in [0.29, 0.717) is 18.0 Å². The molecule has 1 aromatic carbocycles. The Morgan fingerprint density at radius 1 is 1.28 bits per heavy atom. The topological polar surface area (TPSA) is 78.0 Å². The number of ether oxygens (including phenoxy) is 1. The van der Waals surface area contributed by atoms with Crippen LogP contribution in [-0.2, 0) is 9.53 Å². The van der Waals surface area contributed by atoms with E-state index in [4.69, 9.17) is 16.3 Å². The van der Waals surface area contributed by atoms with Crippen LogP contribution in [0.15, 0.2) is 23.2 Å². The molecule has 0 unspecified atom stereocenters. The van der Waals surface area contributed by atoms with Gasteiger partial charge in [0.05, 0.1) is 13.2 Å². The summed E-state index contributed by atoms with van der Waals surface area (Å²) in [5.41, 5.74) is 1.63.